The third-order valence-electron chi connectivity index (χ3n) is 4.70. The molecule has 3 rings (SSSR count). The Morgan fingerprint density at radius 2 is 1.76 bits per heavy atom. The zero-order valence-electron chi connectivity index (χ0n) is 16.3. The van der Waals surface area contributed by atoms with Crippen molar-refractivity contribution in [2.45, 2.75) is 31.7 Å². The van der Waals surface area contributed by atoms with Crippen LogP contribution in [0.5, 0.6) is 0 Å². The van der Waals surface area contributed by atoms with Crippen LogP contribution in [0.3, 0.4) is 0 Å². The molecule has 150 valence electrons. The van der Waals surface area contributed by atoms with E-state index in [0.717, 1.165) is 23.8 Å². The van der Waals surface area contributed by atoms with Gasteiger partial charge in [-0.15, -0.1) is 0 Å². The van der Waals surface area contributed by atoms with Gasteiger partial charge in [0.05, 0.1) is 12.5 Å². The van der Waals surface area contributed by atoms with Gasteiger partial charge in [-0.05, 0) is 47.7 Å². The number of benzene rings is 2. The van der Waals surface area contributed by atoms with E-state index in [1.807, 2.05) is 36.4 Å². The topological polar surface area (TPSA) is 97.1 Å². The highest BCUT2D eigenvalue weighted by atomic mass is 16.2. The van der Waals surface area contributed by atoms with Crippen molar-refractivity contribution in [2.75, 3.05) is 11.9 Å². The molecule has 4 N–H and O–H groups in total. The first kappa shape index (κ1) is 20.5. The van der Waals surface area contributed by atoms with Crippen molar-refractivity contribution in [1.82, 2.24) is 10.3 Å². The number of unbranched alkanes of at least 4 members (excludes halogenated alkanes) is 1. The second kappa shape index (κ2) is 10.3. The average molecular weight is 390 g/mol. The molecule has 0 saturated heterocycles. The Bertz CT molecular complexity index is 959. The number of nitrogens with one attached hydrogen (secondary N) is 2. The van der Waals surface area contributed by atoms with E-state index in [1.54, 1.807) is 24.4 Å². The van der Waals surface area contributed by atoms with Crippen LogP contribution in [0.1, 0.15) is 24.8 Å². The van der Waals surface area contributed by atoms with E-state index in [2.05, 4.69) is 21.7 Å². The SMILES string of the molecule is N[C@@H](CCCCNC(=O)Cc1ccc2ccccc2c1)C(=O)Nc1ccccn1. The van der Waals surface area contributed by atoms with E-state index < -0.39 is 6.04 Å². The van der Waals surface area contributed by atoms with Gasteiger partial charge in [0.1, 0.15) is 5.82 Å². The Morgan fingerprint density at radius 1 is 0.966 bits per heavy atom. The fraction of sp³-hybridized carbons (Fsp3) is 0.261. The van der Waals surface area contributed by atoms with Crippen LogP contribution in [0.2, 0.25) is 0 Å². The summed E-state index contributed by atoms with van der Waals surface area (Å²) in [5.74, 6) is 0.246. The quantitative estimate of drug-likeness (QED) is 0.489. The van der Waals surface area contributed by atoms with Gasteiger partial charge in [0.25, 0.3) is 0 Å². The van der Waals surface area contributed by atoms with Crippen molar-refractivity contribution in [1.29, 1.82) is 0 Å². The number of pyridine rings is 1. The van der Waals surface area contributed by atoms with Crippen molar-refractivity contribution < 1.29 is 9.59 Å². The molecule has 1 heterocycles. The summed E-state index contributed by atoms with van der Waals surface area (Å²) >= 11 is 0. The fourth-order valence-corrected chi connectivity index (χ4v) is 3.10. The number of aromatic nitrogens is 1. The first-order chi connectivity index (χ1) is 14.1. The summed E-state index contributed by atoms with van der Waals surface area (Å²) < 4.78 is 0. The molecule has 2 amide bonds. The van der Waals surface area contributed by atoms with Crippen LogP contribution in [-0.2, 0) is 16.0 Å². The Kier molecular flexibility index (Phi) is 7.30. The standard InChI is InChI=1S/C23H26N4O2/c24-20(23(29)27-21-10-4-6-13-25-21)9-3-5-14-26-22(28)16-17-11-12-18-7-1-2-8-19(18)15-17/h1-2,4,6-8,10-13,15,20H,3,5,9,14,16,24H2,(H,26,28)(H,25,27,29)/t20-/m0/s1. The lowest BCUT2D eigenvalue weighted by Gasteiger charge is -2.12. The predicted molar refractivity (Wildman–Crippen MR) is 115 cm³/mol. The number of hydrogen-bond acceptors (Lipinski definition) is 4. The number of hydrogen-bond donors (Lipinski definition) is 3. The van der Waals surface area contributed by atoms with Gasteiger partial charge in [-0.3, -0.25) is 9.59 Å². The fourth-order valence-electron chi connectivity index (χ4n) is 3.10. The number of nitrogens with zero attached hydrogens (tertiary/aromatic N) is 1. The zero-order valence-corrected chi connectivity index (χ0v) is 16.3. The summed E-state index contributed by atoms with van der Waals surface area (Å²) in [6.45, 7) is 0.570. The summed E-state index contributed by atoms with van der Waals surface area (Å²) in [6.07, 6.45) is 4.05. The van der Waals surface area contributed by atoms with Gasteiger partial charge >= 0.3 is 0 Å². The van der Waals surface area contributed by atoms with E-state index in [9.17, 15) is 9.59 Å². The van der Waals surface area contributed by atoms with Crippen molar-refractivity contribution in [2.24, 2.45) is 5.73 Å². The van der Waals surface area contributed by atoms with Crippen LogP contribution < -0.4 is 16.4 Å². The molecule has 6 heteroatoms. The molecular formula is C23H26N4O2. The Hall–Kier alpha value is -3.25. The number of rotatable bonds is 9. The van der Waals surface area contributed by atoms with Crippen LogP contribution in [0.15, 0.2) is 66.9 Å². The van der Waals surface area contributed by atoms with E-state index in [0.29, 0.717) is 25.2 Å². The minimum Gasteiger partial charge on any atom is -0.356 e. The number of carbonyl (C=O) groups is 2. The second-order valence-electron chi connectivity index (χ2n) is 7.01. The largest absolute Gasteiger partial charge is 0.356 e. The maximum absolute atomic E-state index is 12.2. The van der Waals surface area contributed by atoms with Gasteiger partial charge in [-0.25, -0.2) is 4.98 Å². The molecule has 1 aromatic heterocycles. The lowest BCUT2D eigenvalue weighted by molar-refractivity contribution is -0.120. The van der Waals surface area contributed by atoms with Gasteiger partial charge in [-0.1, -0.05) is 48.5 Å². The van der Waals surface area contributed by atoms with E-state index >= 15 is 0 Å². The van der Waals surface area contributed by atoms with Crippen molar-refractivity contribution in [3.8, 4) is 0 Å². The highest BCUT2D eigenvalue weighted by Gasteiger charge is 2.13. The van der Waals surface area contributed by atoms with Crippen LogP contribution in [-0.4, -0.2) is 29.4 Å². The number of anilines is 1. The van der Waals surface area contributed by atoms with Crippen molar-refractivity contribution in [3.05, 3.63) is 72.4 Å². The Balaban J connectivity index is 1.33. The van der Waals surface area contributed by atoms with Crippen molar-refractivity contribution >= 4 is 28.4 Å². The maximum atomic E-state index is 12.2. The number of carbonyl (C=O) groups excluding carboxylic acids is 2. The van der Waals surface area contributed by atoms with Gasteiger partial charge in [0.2, 0.25) is 11.8 Å². The monoisotopic (exact) mass is 390 g/mol. The summed E-state index contributed by atoms with van der Waals surface area (Å²) in [4.78, 5) is 28.2. The van der Waals surface area contributed by atoms with Crippen molar-refractivity contribution in [3.63, 3.8) is 0 Å². The summed E-state index contributed by atoms with van der Waals surface area (Å²) in [6, 6.07) is 18.9. The second-order valence-corrected chi connectivity index (χ2v) is 7.01. The summed E-state index contributed by atoms with van der Waals surface area (Å²) in [5.41, 5.74) is 6.92. The molecule has 29 heavy (non-hydrogen) atoms. The highest BCUT2D eigenvalue weighted by Crippen LogP contribution is 2.16. The molecule has 0 aliphatic carbocycles. The lowest BCUT2D eigenvalue weighted by atomic mass is 10.0. The van der Waals surface area contributed by atoms with E-state index in [-0.39, 0.29) is 11.8 Å². The molecule has 1 atom stereocenters. The molecule has 0 saturated carbocycles. The average Bonchev–Trinajstić information content (AvgIpc) is 2.74. The molecule has 0 unspecified atom stereocenters. The summed E-state index contributed by atoms with van der Waals surface area (Å²) in [7, 11) is 0. The summed E-state index contributed by atoms with van der Waals surface area (Å²) in [5, 5.41) is 7.93. The minimum absolute atomic E-state index is 0.00234. The van der Waals surface area contributed by atoms with E-state index in [4.69, 9.17) is 5.73 Å². The molecule has 0 radical (unpaired) electrons. The smallest absolute Gasteiger partial charge is 0.242 e. The number of amides is 2. The molecule has 0 aliphatic rings. The first-order valence-corrected chi connectivity index (χ1v) is 9.84. The van der Waals surface area contributed by atoms with E-state index in [1.165, 1.54) is 5.39 Å². The normalized spacial score (nSPS) is 11.8. The molecule has 0 spiro atoms. The molecule has 0 bridgehead atoms. The Morgan fingerprint density at radius 3 is 2.55 bits per heavy atom. The first-order valence-electron chi connectivity index (χ1n) is 9.84. The van der Waals surface area contributed by atoms with Crippen LogP contribution in [0.4, 0.5) is 5.82 Å². The highest BCUT2D eigenvalue weighted by molar-refractivity contribution is 5.93. The van der Waals surface area contributed by atoms with Gasteiger partial charge < -0.3 is 16.4 Å². The minimum atomic E-state index is -0.592. The van der Waals surface area contributed by atoms with Crippen LogP contribution in [0, 0.1) is 0 Å². The Labute approximate surface area is 170 Å². The molecule has 2 aromatic carbocycles. The van der Waals surface area contributed by atoms with Gasteiger partial charge in [-0.2, -0.15) is 0 Å². The lowest BCUT2D eigenvalue weighted by Crippen LogP contribution is -2.36. The molecule has 0 aliphatic heterocycles. The van der Waals surface area contributed by atoms with Crippen LogP contribution in [0.25, 0.3) is 10.8 Å². The van der Waals surface area contributed by atoms with Crippen LogP contribution >= 0.6 is 0 Å². The number of nitrogens with two attached hydrogens (primary N) is 1. The van der Waals surface area contributed by atoms with Gasteiger partial charge in [0.15, 0.2) is 0 Å². The predicted octanol–water partition coefficient (Wildman–Crippen LogP) is 3.03. The molecular weight excluding hydrogens is 364 g/mol. The third-order valence-corrected chi connectivity index (χ3v) is 4.70. The third kappa shape index (κ3) is 6.40. The molecule has 6 nitrogen and oxygen atoms in total. The molecule has 0 fully saturated rings. The maximum Gasteiger partial charge on any atom is 0.242 e. The van der Waals surface area contributed by atoms with Gasteiger partial charge in [0, 0.05) is 12.7 Å². The zero-order chi connectivity index (χ0) is 20.5. The molecule has 3 aromatic rings. The number of fused-ring (bicyclic) bond motifs is 1.